The van der Waals surface area contributed by atoms with Crippen LogP contribution in [0.15, 0.2) is 18.2 Å². The number of carbonyl (C=O) groups is 1. The molecule has 1 aliphatic carbocycles. The van der Waals surface area contributed by atoms with Gasteiger partial charge < -0.3 is 5.32 Å². The largest absolute Gasteiger partial charge is 0.352 e. The van der Waals surface area contributed by atoms with E-state index in [1.807, 2.05) is 0 Å². The molecule has 0 aromatic heterocycles. The predicted molar refractivity (Wildman–Crippen MR) is 80.5 cm³/mol. The summed E-state index contributed by atoms with van der Waals surface area (Å²) < 4.78 is 0. The van der Waals surface area contributed by atoms with Gasteiger partial charge in [0.15, 0.2) is 0 Å². The first-order valence-corrected chi connectivity index (χ1v) is 7.74. The fraction of sp³-hybridized carbons (Fsp3) is 0.588. The van der Waals surface area contributed by atoms with Gasteiger partial charge in [-0.1, -0.05) is 18.2 Å². The molecular formula is C17H24N2O. The highest BCUT2D eigenvalue weighted by molar-refractivity contribution is 5.82. The number of hydrogen-bond acceptors (Lipinski definition) is 2. The minimum absolute atomic E-state index is 0.0792. The van der Waals surface area contributed by atoms with E-state index in [9.17, 15) is 4.79 Å². The van der Waals surface area contributed by atoms with Crippen molar-refractivity contribution in [3.63, 3.8) is 0 Å². The molecule has 108 valence electrons. The average Bonchev–Trinajstić information content (AvgIpc) is 3.11. The van der Waals surface area contributed by atoms with Crippen LogP contribution in [0.5, 0.6) is 0 Å². The van der Waals surface area contributed by atoms with E-state index >= 15 is 0 Å². The molecule has 1 aromatic carbocycles. The zero-order chi connectivity index (χ0) is 14.1. The topological polar surface area (TPSA) is 32.3 Å². The molecule has 3 rings (SSSR count). The molecule has 1 saturated carbocycles. The Morgan fingerprint density at radius 1 is 1.30 bits per heavy atom. The highest BCUT2D eigenvalue weighted by atomic mass is 16.2. The summed E-state index contributed by atoms with van der Waals surface area (Å²) in [6, 6.07) is 7.00. The van der Waals surface area contributed by atoms with Crippen molar-refractivity contribution in [3.05, 3.63) is 34.9 Å². The first kappa shape index (κ1) is 13.6. The summed E-state index contributed by atoms with van der Waals surface area (Å²) in [5.41, 5.74) is 4.05. The number of rotatable bonds is 4. The van der Waals surface area contributed by atoms with Gasteiger partial charge in [-0.25, -0.2) is 0 Å². The minimum atomic E-state index is 0.0792. The average molecular weight is 272 g/mol. The third kappa shape index (κ3) is 2.88. The number of hydrogen-bond donors (Lipinski definition) is 1. The molecular weight excluding hydrogens is 248 g/mol. The van der Waals surface area contributed by atoms with Gasteiger partial charge in [-0.05, 0) is 62.8 Å². The van der Waals surface area contributed by atoms with Crippen molar-refractivity contribution in [2.24, 2.45) is 0 Å². The maximum absolute atomic E-state index is 12.3. The molecule has 1 N–H and O–H groups in total. The molecule has 1 heterocycles. The number of nitrogens with one attached hydrogen (secondary N) is 1. The van der Waals surface area contributed by atoms with Crippen LogP contribution in [0, 0.1) is 13.8 Å². The number of benzene rings is 1. The van der Waals surface area contributed by atoms with Crippen LogP contribution >= 0.6 is 0 Å². The Morgan fingerprint density at radius 3 is 2.85 bits per heavy atom. The number of nitrogens with zero attached hydrogens (tertiary/aromatic N) is 1. The SMILES string of the molecule is Cc1cccc(CN2CCCC2C(=O)NC2CC2)c1C. The molecule has 1 aromatic rings. The molecule has 0 bridgehead atoms. The lowest BCUT2D eigenvalue weighted by Gasteiger charge is -2.24. The number of likely N-dealkylation sites (tertiary alicyclic amines) is 1. The smallest absolute Gasteiger partial charge is 0.237 e. The Labute approximate surface area is 121 Å². The van der Waals surface area contributed by atoms with Crippen molar-refractivity contribution in [1.29, 1.82) is 0 Å². The lowest BCUT2D eigenvalue weighted by Crippen LogP contribution is -2.43. The van der Waals surface area contributed by atoms with Crippen LogP contribution in [-0.4, -0.2) is 29.4 Å². The van der Waals surface area contributed by atoms with E-state index in [2.05, 4.69) is 42.3 Å². The number of amides is 1. The third-order valence-corrected chi connectivity index (χ3v) is 4.68. The fourth-order valence-electron chi connectivity index (χ4n) is 3.04. The predicted octanol–water partition coefficient (Wildman–Crippen LogP) is 2.55. The van der Waals surface area contributed by atoms with E-state index < -0.39 is 0 Å². The molecule has 0 spiro atoms. The van der Waals surface area contributed by atoms with E-state index in [1.165, 1.54) is 16.7 Å². The quantitative estimate of drug-likeness (QED) is 0.913. The standard InChI is InChI=1S/C17H24N2O/c1-12-5-3-6-14(13(12)2)11-19-10-4-7-16(19)17(20)18-15-8-9-15/h3,5-6,15-16H,4,7-11H2,1-2H3,(H,18,20). The van der Waals surface area contributed by atoms with Gasteiger partial charge in [0.2, 0.25) is 5.91 Å². The van der Waals surface area contributed by atoms with Gasteiger partial charge in [0.05, 0.1) is 6.04 Å². The van der Waals surface area contributed by atoms with Crippen molar-refractivity contribution in [2.45, 2.75) is 58.2 Å². The number of aryl methyl sites for hydroxylation is 1. The van der Waals surface area contributed by atoms with Crippen molar-refractivity contribution in [3.8, 4) is 0 Å². The summed E-state index contributed by atoms with van der Waals surface area (Å²) in [5.74, 6) is 0.246. The summed E-state index contributed by atoms with van der Waals surface area (Å²) in [5, 5.41) is 3.16. The molecule has 1 saturated heterocycles. The Bertz CT molecular complexity index is 508. The lowest BCUT2D eigenvalue weighted by molar-refractivity contribution is -0.125. The highest BCUT2D eigenvalue weighted by Gasteiger charge is 2.33. The second-order valence-corrected chi connectivity index (χ2v) is 6.27. The Balaban J connectivity index is 1.68. The molecule has 3 heteroatoms. The summed E-state index contributed by atoms with van der Waals surface area (Å²) in [6.45, 7) is 6.27. The first-order valence-electron chi connectivity index (χ1n) is 7.74. The van der Waals surface area contributed by atoms with E-state index in [-0.39, 0.29) is 11.9 Å². The Morgan fingerprint density at radius 2 is 2.10 bits per heavy atom. The zero-order valence-corrected chi connectivity index (χ0v) is 12.5. The fourth-order valence-corrected chi connectivity index (χ4v) is 3.04. The minimum Gasteiger partial charge on any atom is -0.352 e. The first-order chi connectivity index (χ1) is 9.65. The molecule has 1 amide bonds. The molecule has 2 aliphatic rings. The van der Waals surface area contributed by atoms with Crippen LogP contribution in [0.4, 0.5) is 0 Å². The van der Waals surface area contributed by atoms with E-state index in [0.717, 1.165) is 38.8 Å². The van der Waals surface area contributed by atoms with Crippen molar-refractivity contribution >= 4 is 5.91 Å². The van der Waals surface area contributed by atoms with Crippen LogP contribution in [0.2, 0.25) is 0 Å². The highest BCUT2D eigenvalue weighted by Crippen LogP contribution is 2.25. The molecule has 1 atom stereocenters. The summed E-state index contributed by atoms with van der Waals surface area (Å²) in [4.78, 5) is 14.6. The maximum Gasteiger partial charge on any atom is 0.237 e. The van der Waals surface area contributed by atoms with Crippen LogP contribution in [0.1, 0.15) is 42.4 Å². The summed E-state index contributed by atoms with van der Waals surface area (Å²) in [6.07, 6.45) is 4.46. The van der Waals surface area contributed by atoms with Gasteiger partial charge in [0.1, 0.15) is 0 Å². The molecule has 0 radical (unpaired) electrons. The van der Waals surface area contributed by atoms with Gasteiger partial charge in [-0.3, -0.25) is 9.69 Å². The van der Waals surface area contributed by atoms with E-state index in [0.29, 0.717) is 6.04 Å². The van der Waals surface area contributed by atoms with Crippen LogP contribution < -0.4 is 5.32 Å². The van der Waals surface area contributed by atoms with Crippen LogP contribution in [0.25, 0.3) is 0 Å². The van der Waals surface area contributed by atoms with Crippen LogP contribution in [0.3, 0.4) is 0 Å². The van der Waals surface area contributed by atoms with Gasteiger partial charge in [-0.15, -0.1) is 0 Å². The van der Waals surface area contributed by atoms with Crippen molar-refractivity contribution in [1.82, 2.24) is 10.2 Å². The molecule has 3 nitrogen and oxygen atoms in total. The van der Waals surface area contributed by atoms with Crippen molar-refractivity contribution in [2.75, 3.05) is 6.54 Å². The van der Waals surface area contributed by atoms with Gasteiger partial charge in [0, 0.05) is 12.6 Å². The lowest BCUT2D eigenvalue weighted by atomic mass is 10.0. The van der Waals surface area contributed by atoms with Gasteiger partial charge in [-0.2, -0.15) is 0 Å². The van der Waals surface area contributed by atoms with Crippen molar-refractivity contribution < 1.29 is 4.79 Å². The van der Waals surface area contributed by atoms with E-state index in [4.69, 9.17) is 0 Å². The normalized spacial score (nSPS) is 23.0. The monoisotopic (exact) mass is 272 g/mol. The van der Waals surface area contributed by atoms with Crippen LogP contribution in [-0.2, 0) is 11.3 Å². The Hall–Kier alpha value is -1.35. The zero-order valence-electron chi connectivity index (χ0n) is 12.5. The number of carbonyl (C=O) groups excluding carboxylic acids is 1. The maximum atomic E-state index is 12.3. The molecule has 20 heavy (non-hydrogen) atoms. The van der Waals surface area contributed by atoms with Gasteiger partial charge in [0.25, 0.3) is 0 Å². The third-order valence-electron chi connectivity index (χ3n) is 4.68. The molecule has 1 unspecified atom stereocenters. The Kier molecular flexibility index (Phi) is 3.79. The van der Waals surface area contributed by atoms with E-state index in [1.54, 1.807) is 0 Å². The summed E-state index contributed by atoms with van der Waals surface area (Å²) >= 11 is 0. The molecule has 2 fully saturated rings. The molecule has 1 aliphatic heterocycles. The second-order valence-electron chi connectivity index (χ2n) is 6.27. The second kappa shape index (κ2) is 5.57. The van der Waals surface area contributed by atoms with Gasteiger partial charge >= 0.3 is 0 Å². The summed E-state index contributed by atoms with van der Waals surface area (Å²) in [7, 11) is 0.